The number of Topliss-reactive ketones (excluding diaryl/α,β-unsaturated/α-hetero) is 1. The average Bonchev–Trinajstić information content (AvgIpc) is 2.66. The molecule has 84 valence electrons. The summed E-state index contributed by atoms with van der Waals surface area (Å²) in [5, 5.41) is 1.18. The second-order valence-corrected chi connectivity index (χ2v) is 5.10. The van der Waals surface area contributed by atoms with Gasteiger partial charge in [-0.2, -0.15) is 0 Å². The fraction of sp³-hybridized carbons (Fsp3) is 0.385. The van der Waals surface area contributed by atoms with Crippen molar-refractivity contribution in [3.63, 3.8) is 0 Å². The molecule has 0 fully saturated rings. The number of benzene rings is 1. The third-order valence-electron chi connectivity index (χ3n) is 2.51. The van der Waals surface area contributed by atoms with Crippen molar-refractivity contribution >= 4 is 27.3 Å². The Bertz CT molecular complexity index is 456. The van der Waals surface area contributed by atoms with Crippen molar-refractivity contribution in [2.24, 2.45) is 0 Å². The van der Waals surface area contributed by atoms with Crippen molar-refractivity contribution in [3.05, 3.63) is 29.3 Å². The Labute approximate surface area is 99.3 Å². The molecule has 0 radical (unpaired) electrons. The first kappa shape index (κ1) is 11.3. The van der Waals surface area contributed by atoms with Gasteiger partial charge in [-0.05, 0) is 38.3 Å². The van der Waals surface area contributed by atoms with E-state index in [-0.39, 0.29) is 5.78 Å². The van der Waals surface area contributed by atoms with Gasteiger partial charge in [0.1, 0.15) is 5.78 Å². The molecule has 0 N–H and O–H groups in total. The summed E-state index contributed by atoms with van der Waals surface area (Å²) < 4.78 is 1.25. The lowest BCUT2D eigenvalue weighted by atomic mass is 10.1. The Hall–Kier alpha value is -1.22. The van der Waals surface area contributed by atoms with Crippen LogP contribution in [0.25, 0.3) is 10.2 Å². The topological polar surface area (TPSA) is 30.0 Å². The van der Waals surface area contributed by atoms with E-state index in [2.05, 4.69) is 11.1 Å². The number of hydrogen-bond donors (Lipinski definition) is 0. The van der Waals surface area contributed by atoms with Gasteiger partial charge >= 0.3 is 0 Å². The van der Waals surface area contributed by atoms with Crippen molar-refractivity contribution in [3.8, 4) is 0 Å². The van der Waals surface area contributed by atoms with Crippen LogP contribution in [0.1, 0.15) is 31.2 Å². The van der Waals surface area contributed by atoms with Gasteiger partial charge in [-0.3, -0.25) is 0 Å². The molecule has 3 heteroatoms. The normalized spacial score (nSPS) is 10.8. The number of nitrogens with zero attached hydrogens (tertiary/aromatic N) is 1. The monoisotopic (exact) mass is 233 g/mol. The van der Waals surface area contributed by atoms with Crippen LogP contribution in [0.2, 0.25) is 0 Å². The van der Waals surface area contributed by atoms with Gasteiger partial charge in [0.05, 0.1) is 15.2 Å². The summed E-state index contributed by atoms with van der Waals surface area (Å²) in [6, 6.07) is 8.21. The number of aromatic nitrogens is 1. The van der Waals surface area contributed by atoms with Gasteiger partial charge in [-0.1, -0.05) is 12.1 Å². The van der Waals surface area contributed by atoms with E-state index in [9.17, 15) is 4.79 Å². The van der Waals surface area contributed by atoms with Gasteiger partial charge < -0.3 is 4.79 Å². The number of unbranched alkanes of at least 4 members (excludes halogenated alkanes) is 1. The second kappa shape index (κ2) is 5.21. The number of carbonyl (C=O) groups is 1. The predicted octanol–water partition coefficient (Wildman–Crippen LogP) is 3.60. The maximum absolute atomic E-state index is 10.8. The molecule has 0 bridgehead atoms. The molecule has 0 aliphatic rings. The van der Waals surface area contributed by atoms with Crippen molar-refractivity contribution in [2.45, 2.75) is 32.6 Å². The van der Waals surface area contributed by atoms with Gasteiger partial charge in [0.15, 0.2) is 0 Å². The lowest BCUT2D eigenvalue weighted by molar-refractivity contribution is -0.117. The highest BCUT2D eigenvalue weighted by Gasteiger charge is 2.02. The molecule has 2 rings (SSSR count). The Kier molecular flexibility index (Phi) is 3.67. The Balaban J connectivity index is 1.92. The van der Waals surface area contributed by atoms with Gasteiger partial charge in [0, 0.05) is 6.42 Å². The average molecular weight is 233 g/mol. The minimum Gasteiger partial charge on any atom is -0.300 e. The van der Waals surface area contributed by atoms with E-state index in [0.717, 1.165) is 24.8 Å². The zero-order valence-electron chi connectivity index (χ0n) is 9.40. The van der Waals surface area contributed by atoms with Crippen LogP contribution in [0.15, 0.2) is 24.3 Å². The summed E-state index contributed by atoms with van der Waals surface area (Å²) in [5.74, 6) is 0.282. The fourth-order valence-electron chi connectivity index (χ4n) is 1.68. The molecular formula is C13H15NOS. The first-order valence-corrected chi connectivity index (χ1v) is 6.41. The van der Waals surface area contributed by atoms with Gasteiger partial charge in [-0.15, -0.1) is 11.3 Å². The quantitative estimate of drug-likeness (QED) is 0.739. The zero-order chi connectivity index (χ0) is 11.4. The van der Waals surface area contributed by atoms with Gasteiger partial charge in [-0.25, -0.2) is 4.98 Å². The number of aryl methyl sites for hydroxylation is 1. The summed E-state index contributed by atoms with van der Waals surface area (Å²) in [6.45, 7) is 1.65. The van der Waals surface area contributed by atoms with E-state index >= 15 is 0 Å². The van der Waals surface area contributed by atoms with E-state index in [1.807, 2.05) is 18.2 Å². The molecule has 0 atom stereocenters. The van der Waals surface area contributed by atoms with Crippen LogP contribution in [0.5, 0.6) is 0 Å². The molecule has 16 heavy (non-hydrogen) atoms. The molecule has 0 amide bonds. The molecule has 1 aromatic heterocycles. The first-order valence-electron chi connectivity index (χ1n) is 5.59. The predicted molar refractivity (Wildman–Crippen MR) is 67.9 cm³/mol. The van der Waals surface area contributed by atoms with E-state index < -0.39 is 0 Å². The fourth-order valence-corrected chi connectivity index (χ4v) is 2.69. The SMILES string of the molecule is CC(=O)CCCCc1nc2ccccc2s1. The van der Waals surface area contributed by atoms with Crippen LogP contribution in [0.4, 0.5) is 0 Å². The summed E-state index contributed by atoms with van der Waals surface area (Å²) >= 11 is 1.76. The van der Waals surface area contributed by atoms with Gasteiger partial charge in [0.25, 0.3) is 0 Å². The maximum atomic E-state index is 10.8. The number of para-hydroxylation sites is 1. The maximum Gasteiger partial charge on any atom is 0.129 e. The number of ketones is 1. The Morgan fingerprint density at radius 2 is 2.12 bits per heavy atom. The number of fused-ring (bicyclic) bond motifs is 1. The number of thiazole rings is 1. The van der Waals surface area contributed by atoms with Crippen LogP contribution in [-0.2, 0) is 11.2 Å². The van der Waals surface area contributed by atoms with Gasteiger partial charge in [0.2, 0.25) is 0 Å². The summed E-state index contributed by atoms with van der Waals surface area (Å²) in [6.07, 6.45) is 3.72. The molecule has 0 spiro atoms. The number of rotatable bonds is 5. The standard InChI is InChI=1S/C13H15NOS/c1-10(15)6-2-5-9-13-14-11-7-3-4-8-12(11)16-13/h3-4,7-8H,2,5-6,9H2,1H3. The molecule has 1 heterocycles. The highest BCUT2D eigenvalue weighted by molar-refractivity contribution is 7.18. The molecule has 2 nitrogen and oxygen atoms in total. The van der Waals surface area contributed by atoms with Crippen molar-refractivity contribution in [2.75, 3.05) is 0 Å². The highest BCUT2D eigenvalue weighted by Crippen LogP contribution is 2.22. The second-order valence-electron chi connectivity index (χ2n) is 3.98. The summed E-state index contributed by atoms with van der Waals surface area (Å²) in [5.41, 5.74) is 1.09. The van der Waals surface area contributed by atoms with Crippen LogP contribution >= 0.6 is 11.3 Å². The molecule has 0 aliphatic carbocycles. The largest absolute Gasteiger partial charge is 0.300 e. The van der Waals surface area contributed by atoms with E-state index in [4.69, 9.17) is 0 Å². The molecule has 0 saturated carbocycles. The minimum atomic E-state index is 0.282. The molecule has 0 aliphatic heterocycles. The zero-order valence-corrected chi connectivity index (χ0v) is 10.2. The summed E-state index contributed by atoms with van der Waals surface area (Å²) in [7, 11) is 0. The Morgan fingerprint density at radius 1 is 1.31 bits per heavy atom. The van der Waals surface area contributed by atoms with Crippen LogP contribution in [0, 0.1) is 0 Å². The lowest BCUT2D eigenvalue weighted by Gasteiger charge is -1.95. The number of hydrogen-bond acceptors (Lipinski definition) is 3. The molecule has 0 saturated heterocycles. The van der Waals surface area contributed by atoms with Crippen LogP contribution in [0.3, 0.4) is 0 Å². The van der Waals surface area contributed by atoms with Crippen molar-refractivity contribution < 1.29 is 4.79 Å². The third-order valence-corrected chi connectivity index (χ3v) is 3.60. The minimum absolute atomic E-state index is 0.282. The molecular weight excluding hydrogens is 218 g/mol. The Morgan fingerprint density at radius 3 is 2.88 bits per heavy atom. The molecule has 2 aromatic rings. The van der Waals surface area contributed by atoms with Crippen molar-refractivity contribution in [1.82, 2.24) is 4.98 Å². The summed E-state index contributed by atoms with van der Waals surface area (Å²) in [4.78, 5) is 15.3. The van der Waals surface area contributed by atoms with Crippen LogP contribution < -0.4 is 0 Å². The molecule has 1 aromatic carbocycles. The highest BCUT2D eigenvalue weighted by atomic mass is 32.1. The number of carbonyl (C=O) groups excluding carboxylic acids is 1. The molecule has 0 unspecified atom stereocenters. The first-order chi connectivity index (χ1) is 7.75. The van der Waals surface area contributed by atoms with Crippen molar-refractivity contribution in [1.29, 1.82) is 0 Å². The smallest absolute Gasteiger partial charge is 0.129 e. The van der Waals surface area contributed by atoms with E-state index in [1.165, 1.54) is 9.71 Å². The van der Waals surface area contributed by atoms with E-state index in [0.29, 0.717) is 6.42 Å². The van der Waals surface area contributed by atoms with Crippen LogP contribution in [-0.4, -0.2) is 10.8 Å². The van der Waals surface area contributed by atoms with E-state index in [1.54, 1.807) is 18.3 Å². The lowest BCUT2D eigenvalue weighted by Crippen LogP contribution is -1.91. The third kappa shape index (κ3) is 2.89.